The third-order valence-corrected chi connectivity index (χ3v) is 3.89. The van der Waals surface area contributed by atoms with E-state index in [4.69, 9.17) is 5.73 Å². The van der Waals surface area contributed by atoms with Crippen molar-refractivity contribution in [2.75, 3.05) is 11.9 Å². The quantitative estimate of drug-likeness (QED) is 0.919. The van der Waals surface area contributed by atoms with Gasteiger partial charge in [-0.2, -0.15) is 0 Å². The molecule has 2 rings (SSSR count). The van der Waals surface area contributed by atoms with E-state index >= 15 is 0 Å². The SMILES string of the molecule is CC(C)c1ccc(N(C)C(=O)[C@@H](N)Cc2ccccc2)cc1. The van der Waals surface area contributed by atoms with Crippen LogP contribution in [0.2, 0.25) is 0 Å². The molecule has 3 heteroatoms. The van der Waals surface area contributed by atoms with Crippen molar-refractivity contribution < 1.29 is 4.79 Å². The summed E-state index contributed by atoms with van der Waals surface area (Å²) >= 11 is 0. The number of nitrogens with zero attached hydrogens (tertiary/aromatic N) is 1. The normalized spacial score (nSPS) is 12.2. The van der Waals surface area contributed by atoms with Gasteiger partial charge < -0.3 is 10.6 Å². The maximum atomic E-state index is 12.5. The predicted octanol–water partition coefficient (Wildman–Crippen LogP) is 3.34. The molecule has 22 heavy (non-hydrogen) atoms. The van der Waals surface area contributed by atoms with Crippen molar-refractivity contribution in [2.24, 2.45) is 5.73 Å². The van der Waals surface area contributed by atoms with Crippen molar-refractivity contribution in [3.05, 3.63) is 65.7 Å². The molecular weight excluding hydrogens is 272 g/mol. The van der Waals surface area contributed by atoms with Gasteiger partial charge in [-0.15, -0.1) is 0 Å². The Hall–Kier alpha value is -2.13. The Morgan fingerprint density at radius 2 is 1.64 bits per heavy atom. The van der Waals surface area contributed by atoms with Gasteiger partial charge in [-0.3, -0.25) is 4.79 Å². The lowest BCUT2D eigenvalue weighted by molar-refractivity contribution is -0.119. The Bertz CT molecular complexity index is 605. The maximum Gasteiger partial charge on any atom is 0.243 e. The molecule has 0 fully saturated rings. The highest BCUT2D eigenvalue weighted by Gasteiger charge is 2.19. The number of anilines is 1. The zero-order chi connectivity index (χ0) is 16.1. The summed E-state index contributed by atoms with van der Waals surface area (Å²) in [7, 11) is 1.78. The Morgan fingerprint density at radius 1 is 1.05 bits per heavy atom. The van der Waals surface area contributed by atoms with Crippen molar-refractivity contribution in [3.63, 3.8) is 0 Å². The monoisotopic (exact) mass is 296 g/mol. The van der Waals surface area contributed by atoms with Crippen LogP contribution in [-0.2, 0) is 11.2 Å². The molecule has 0 aliphatic rings. The van der Waals surface area contributed by atoms with Crippen LogP contribution in [0.5, 0.6) is 0 Å². The molecule has 0 aliphatic heterocycles. The van der Waals surface area contributed by atoms with Gasteiger partial charge in [-0.25, -0.2) is 0 Å². The molecule has 0 spiro atoms. The topological polar surface area (TPSA) is 46.3 Å². The van der Waals surface area contributed by atoms with Crippen LogP contribution in [0.3, 0.4) is 0 Å². The lowest BCUT2D eigenvalue weighted by Crippen LogP contribution is -2.43. The van der Waals surface area contributed by atoms with Gasteiger partial charge in [0.1, 0.15) is 0 Å². The number of likely N-dealkylation sites (N-methyl/N-ethyl adjacent to an activating group) is 1. The second-order valence-electron chi connectivity index (χ2n) is 5.94. The minimum absolute atomic E-state index is 0.0684. The molecule has 0 aliphatic carbocycles. The van der Waals surface area contributed by atoms with E-state index < -0.39 is 6.04 Å². The number of carbonyl (C=O) groups excluding carboxylic acids is 1. The van der Waals surface area contributed by atoms with E-state index in [1.165, 1.54) is 5.56 Å². The summed E-state index contributed by atoms with van der Waals surface area (Å²) < 4.78 is 0. The highest BCUT2D eigenvalue weighted by molar-refractivity contribution is 5.96. The number of nitrogens with two attached hydrogens (primary N) is 1. The second-order valence-corrected chi connectivity index (χ2v) is 5.94. The van der Waals surface area contributed by atoms with Crippen molar-refractivity contribution in [1.82, 2.24) is 0 Å². The zero-order valence-electron chi connectivity index (χ0n) is 13.5. The summed E-state index contributed by atoms with van der Waals surface area (Å²) in [5.74, 6) is 0.413. The van der Waals surface area contributed by atoms with Crippen molar-refractivity contribution in [2.45, 2.75) is 32.2 Å². The van der Waals surface area contributed by atoms with Crippen LogP contribution in [0.25, 0.3) is 0 Å². The first-order valence-corrected chi connectivity index (χ1v) is 7.66. The minimum atomic E-state index is -0.530. The van der Waals surface area contributed by atoms with Gasteiger partial charge in [0.05, 0.1) is 6.04 Å². The summed E-state index contributed by atoms with van der Waals surface area (Å²) in [5, 5.41) is 0. The Morgan fingerprint density at radius 3 is 2.18 bits per heavy atom. The summed E-state index contributed by atoms with van der Waals surface area (Å²) in [5.41, 5.74) is 9.29. The molecule has 116 valence electrons. The van der Waals surface area contributed by atoms with E-state index in [0.29, 0.717) is 12.3 Å². The molecule has 0 heterocycles. The number of rotatable bonds is 5. The molecule has 0 radical (unpaired) electrons. The Balaban J connectivity index is 2.04. The molecule has 3 nitrogen and oxygen atoms in total. The van der Waals surface area contributed by atoms with Crippen LogP contribution in [0, 0.1) is 0 Å². The minimum Gasteiger partial charge on any atom is -0.320 e. The van der Waals surface area contributed by atoms with E-state index in [9.17, 15) is 4.79 Å². The van der Waals surface area contributed by atoms with Crippen molar-refractivity contribution >= 4 is 11.6 Å². The van der Waals surface area contributed by atoms with E-state index in [1.807, 2.05) is 42.5 Å². The van der Waals surface area contributed by atoms with Crippen LogP contribution < -0.4 is 10.6 Å². The fourth-order valence-electron chi connectivity index (χ4n) is 2.41. The first-order valence-electron chi connectivity index (χ1n) is 7.66. The highest BCUT2D eigenvalue weighted by atomic mass is 16.2. The second kappa shape index (κ2) is 7.23. The molecule has 0 aromatic heterocycles. The van der Waals surface area contributed by atoms with Gasteiger partial charge in [-0.1, -0.05) is 56.3 Å². The number of carbonyl (C=O) groups is 1. The average molecular weight is 296 g/mol. The first-order chi connectivity index (χ1) is 10.5. The van der Waals surface area contributed by atoms with E-state index in [0.717, 1.165) is 11.3 Å². The van der Waals surface area contributed by atoms with Gasteiger partial charge >= 0.3 is 0 Å². The van der Waals surface area contributed by atoms with Gasteiger partial charge in [0, 0.05) is 12.7 Å². The molecule has 2 aromatic rings. The van der Waals surface area contributed by atoms with Crippen molar-refractivity contribution in [3.8, 4) is 0 Å². The molecular formula is C19H24N2O. The van der Waals surface area contributed by atoms with Gasteiger partial charge in [-0.05, 0) is 35.6 Å². The standard InChI is InChI=1S/C19H24N2O/c1-14(2)16-9-11-17(12-10-16)21(3)19(22)18(20)13-15-7-5-4-6-8-15/h4-12,14,18H,13,20H2,1-3H3/t18-/m0/s1. The van der Waals surface area contributed by atoms with E-state index in [1.54, 1.807) is 11.9 Å². The van der Waals surface area contributed by atoms with E-state index in [2.05, 4.69) is 26.0 Å². The van der Waals surface area contributed by atoms with Crippen LogP contribution in [-0.4, -0.2) is 19.0 Å². The van der Waals surface area contributed by atoms with Crippen LogP contribution in [0.4, 0.5) is 5.69 Å². The lowest BCUT2D eigenvalue weighted by Gasteiger charge is -2.22. The lowest BCUT2D eigenvalue weighted by atomic mass is 10.0. The average Bonchev–Trinajstić information content (AvgIpc) is 2.54. The first kappa shape index (κ1) is 16.2. The largest absolute Gasteiger partial charge is 0.320 e. The zero-order valence-corrected chi connectivity index (χ0v) is 13.5. The molecule has 0 saturated carbocycles. The number of benzene rings is 2. The summed E-state index contributed by atoms with van der Waals surface area (Å²) in [6.45, 7) is 4.30. The van der Waals surface area contributed by atoms with Crippen LogP contribution >= 0.6 is 0 Å². The molecule has 2 aromatic carbocycles. The maximum absolute atomic E-state index is 12.5. The predicted molar refractivity (Wildman–Crippen MR) is 92.1 cm³/mol. The van der Waals surface area contributed by atoms with Gasteiger partial charge in [0.25, 0.3) is 0 Å². The molecule has 1 amide bonds. The third kappa shape index (κ3) is 3.95. The molecule has 0 unspecified atom stereocenters. The summed E-state index contributed by atoms with van der Waals surface area (Å²) in [6, 6.07) is 17.4. The van der Waals surface area contributed by atoms with Gasteiger partial charge in [0.15, 0.2) is 0 Å². The molecule has 2 N–H and O–H groups in total. The molecule has 0 bridgehead atoms. The smallest absolute Gasteiger partial charge is 0.243 e. The number of amides is 1. The fourth-order valence-corrected chi connectivity index (χ4v) is 2.41. The molecule has 0 saturated heterocycles. The van der Waals surface area contributed by atoms with Gasteiger partial charge in [0.2, 0.25) is 5.91 Å². The number of hydrogen-bond donors (Lipinski definition) is 1. The summed E-state index contributed by atoms with van der Waals surface area (Å²) in [6.07, 6.45) is 0.550. The number of hydrogen-bond acceptors (Lipinski definition) is 2. The summed E-state index contributed by atoms with van der Waals surface area (Å²) in [4.78, 5) is 14.1. The third-order valence-electron chi connectivity index (χ3n) is 3.89. The Kier molecular flexibility index (Phi) is 5.34. The Labute approximate surface area is 132 Å². The van der Waals surface area contributed by atoms with Crippen LogP contribution in [0.1, 0.15) is 30.9 Å². The fraction of sp³-hybridized carbons (Fsp3) is 0.316. The van der Waals surface area contributed by atoms with Crippen LogP contribution in [0.15, 0.2) is 54.6 Å². The highest BCUT2D eigenvalue weighted by Crippen LogP contribution is 2.20. The van der Waals surface area contributed by atoms with Crippen molar-refractivity contribution in [1.29, 1.82) is 0 Å². The van der Waals surface area contributed by atoms with E-state index in [-0.39, 0.29) is 5.91 Å². The molecule has 1 atom stereocenters.